The Balaban J connectivity index is 2.25. The summed E-state index contributed by atoms with van der Waals surface area (Å²) in [6, 6.07) is 14.6. The molecule has 0 saturated heterocycles. The molecule has 2 aromatic rings. The maximum Gasteiger partial charge on any atom is 0.318 e. The summed E-state index contributed by atoms with van der Waals surface area (Å²) >= 11 is 0. The molecule has 0 fully saturated rings. The number of nitrogens with zero attached hydrogens (tertiary/aromatic N) is 1. The third-order valence-corrected chi connectivity index (χ3v) is 5.65. The first-order valence-electron chi connectivity index (χ1n) is 7.60. The SMILES string of the molecule is CC(C)c1ccc(-c2ccc(S(=O)(=O)N(C)CC(=O)O)cc2)cc1. The van der Waals surface area contributed by atoms with Crippen LogP contribution in [0, 0.1) is 0 Å². The number of hydrogen-bond acceptors (Lipinski definition) is 3. The van der Waals surface area contributed by atoms with Crippen molar-refractivity contribution in [1.29, 1.82) is 0 Å². The number of hydrogen-bond donors (Lipinski definition) is 1. The molecule has 0 heterocycles. The third-order valence-electron chi connectivity index (χ3n) is 3.83. The van der Waals surface area contributed by atoms with E-state index in [2.05, 4.69) is 26.0 Å². The van der Waals surface area contributed by atoms with Crippen LogP contribution in [0.2, 0.25) is 0 Å². The van der Waals surface area contributed by atoms with Gasteiger partial charge in [-0.3, -0.25) is 4.79 Å². The zero-order valence-corrected chi connectivity index (χ0v) is 14.7. The lowest BCUT2D eigenvalue weighted by atomic mass is 9.99. The van der Waals surface area contributed by atoms with Gasteiger partial charge in [0, 0.05) is 7.05 Å². The smallest absolute Gasteiger partial charge is 0.318 e. The van der Waals surface area contributed by atoms with Crippen molar-refractivity contribution in [2.75, 3.05) is 13.6 Å². The molecule has 0 aromatic heterocycles. The van der Waals surface area contributed by atoms with Gasteiger partial charge < -0.3 is 5.11 Å². The Morgan fingerprint density at radius 2 is 1.46 bits per heavy atom. The first kappa shape index (κ1) is 18.2. The van der Waals surface area contributed by atoms with Gasteiger partial charge in [0.1, 0.15) is 6.54 Å². The van der Waals surface area contributed by atoms with Crippen LogP contribution in [0.15, 0.2) is 53.4 Å². The van der Waals surface area contributed by atoms with Crippen LogP contribution >= 0.6 is 0 Å². The van der Waals surface area contributed by atoms with Crippen molar-refractivity contribution in [3.8, 4) is 11.1 Å². The molecule has 0 aliphatic carbocycles. The van der Waals surface area contributed by atoms with E-state index in [1.165, 1.54) is 24.7 Å². The van der Waals surface area contributed by atoms with Crippen molar-refractivity contribution in [3.63, 3.8) is 0 Å². The highest BCUT2D eigenvalue weighted by molar-refractivity contribution is 7.89. The van der Waals surface area contributed by atoms with Gasteiger partial charge in [0.05, 0.1) is 4.90 Å². The van der Waals surface area contributed by atoms with Crippen molar-refractivity contribution >= 4 is 16.0 Å². The predicted octanol–water partition coefficient (Wildman–Crippen LogP) is 3.18. The highest BCUT2D eigenvalue weighted by Crippen LogP contribution is 2.24. The normalized spacial score (nSPS) is 11.9. The summed E-state index contributed by atoms with van der Waals surface area (Å²) in [5.74, 6) is -0.737. The van der Waals surface area contributed by atoms with Gasteiger partial charge in [-0.05, 0) is 34.7 Å². The fourth-order valence-corrected chi connectivity index (χ4v) is 3.46. The number of benzene rings is 2. The molecule has 0 saturated carbocycles. The minimum Gasteiger partial charge on any atom is -0.480 e. The number of sulfonamides is 1. The average molecular weight is 347 g/mol. The predicted molar refractivity (Wildman–Crippen MR) is 93.4 cm³/mol. The van der Waals surface area contributed by atoms with Crippen LogP contribution in [0.1, 0.15) is 25.3 Å². The largest absolute Gasteiger partial charge is 0.480 e. The summed E-state index contributed by atoms with van der Waals surface area (Å²) in [6.07, 6.45) is 0. The van der Waals surface area contributed by atoms with Crippen LogP contribution in [0.5, 0.6) is 0 Å². The Morgan fingerprint density at radius 3 is 1.88 bits per heavy atom. The minimum absolute atomic E-state index is 0.0776. The van der Waals surface area contributed by atoms with Crippen LogP contribution < -0.4 is 0 Å². The Kier molecular flexibility index (Phi) is 5.41. The molecule has 0 spiro atoms. The molecule has 2 aromatic carbocycles. The van der Waals surface area contributed by atoms with Gasteiger partial charge >= 0.3 is 5.97 Å². The Labute approximate surface area is 142 Å². The van der Waals surface area contributed by atoms with Gasteiger partial charge in [0.2, 0.25) is 10.0 Å². The number of carbonyl (C=O) groups is 1. The number of likely N-dealkylation sites (N-methyl/N-ethyl adjacent to an activating group) is 1. The number of rotatable bonds is 6. The number of carboxylic acid groups (broad SMARTS) is 1. The monoisotopic (exact) mass is 347 g/mol. The molecular weight excluding hydrogens is 326 g/mol. The van der Waals surface area contributed by atoms with Crippen molar-refractivity contribution in [2.24, 2.45) is 0 Å². The Hall–Kier alpha value is -2.18. The summed E-state index contributed by atoms with van der Waals surface area (Å²) < 4.78 is 25.4. The van der Waals surface area contributed by atoms with Crippen LogP contribution in [0.25, 0.3) is 11.1 Å². The molecule has 5 nitrogen and oxygen atoms in total. The van der Waals surface area contributed by atoms with Crippen molar-refractivity contribution in [1.82, 2.24) is 4.31 Å². The summed E-state index contributed by atoms with van der Waals surface area (Å²) in [5.41, 5.74) is 3.15. The highest BCUT2D eigenvalue weighted by Gasteiger charge is 2.22. The Bertz CT molecular complexity index is 809. The molecule has 2 rings (SSSR count). The van der Waals surface area contributed by atoms with Crippen LogP contribution in [0.3, 0.4) is 0 Å². The Morgan fingerprint density at radius 1 is 1.00 bits per heavy atom. The fraction of sp³-hybridized carbons (Fsp3) is 0.278. The quantitative estimate of drug-likeness (QED) is 0.871. The molecule has 0 radical (unpaired) electrons. The molecule has 1 N–H and O–H groups in total. The maximum atomic E-state index is 12.3. The molecular formula is C18H21NO4S. The first-order valence-corrected chi connectivity index (χ1v) is 9.04. The summed E-state index contributed by atoms with van der Waals surface area (Å²) in [7, 11) is -2.55. The van der Waals surface area contributed by atoms with E-state index in [4.69, 9.17) is 5.11 Å². The van der Waals surface area contributed by atoms with Gasteiger partial charge in [0.25, 0.3) is 0 Å². The molecule has 128 valence electrons. The lowest BCUT2D eigenvalue weighted by molar-refractivity contribution is -0.137. The van der Waals surface area contributed by atoms with Gasteiger partial charge in [-0.25, -0.2) is 8.42 Å². The van der Waals surface area contributed by atoms with Gasteiger partial charge in [0.15, 0.2) is 0 Å². The standard InChI is InChI=1S/C18H21NO4S/c1-13(2)14-4-6-15(7-5-14)16-8-10-17(11-9-16)24(22,23)19(3)12-18(20)21/h4-11,13H,12H2,1-3H3,(H,20,21). The van der Waals surface area contributed by atoms with E-state index in [1.54, 1.807) is 12.1 Å². The average Bonchev–Trinajstić information content (AvgIpc) is 2.54. The number of aliphatic carboxylic acids is 1. The first-order chi connectivity index (χ1) is 11.2. The van der Waals surface area contributed by atoms with E-state index in [-0.39, 0.29) is 4.90 Å². The molecule has 24 heavy (non-hydrogen) atoms. The molecule has 0 aliphatic heterocycles. The topological polar surface area (TPSA) is 74.7 Å². The van der Waals surface area contributed by atoms with Crippen LogP contribution in [-0.2, 0) is 14.8 Å². The summed E-state index contributed by atoms with van der Waals surface area (Å²) in [5, 5.41) is 8.74. The minimum atomic E-state index is -3.80. The van der Waals surface area contributed by atoms with Crippen molar-refractivity contribution < 1.29 is 18.3 Å². The summed E-state index contributed by atoms with van der Waals surface area (Å²) in [4.78, 5) is 10.8. The molecule has 0 amide bonds. The fourth-order valence-electron chi connectivity index (χ4n) is 2.34. The second-order valence-electron chi connectivity index (χ2n) is 5.96. The van der Waals surface area contributed by atoms with E-state index >= 15 is 0 Å². The van der Waals surface area contributed by atoms with Crippen LogP contribution in [0.4, 0.5) is 0 Å². The molecule has 0 bridgehead atoms. The second kappa shape index (κ2) is 7.15. The van der Waals surface area contributed by atoms with Gasteiger partial charge in [-0.15, -0.1) is 0 Å². The van der Waals surface area contributed by atoms with E-state index < -0.39 is 22.5 Å². The zero-order valence-electron chi connectivity index (χ0n) is 13.9. The zero-order chi connectivity index (χ0) is 17.9. The number of carboxylic acids is 1. The van der Waals surface area contributed by atoms with Crippen molar-refractivity contribution in [2.45, 2.75) is 24.7 Å². The summed E-state index contributed by atoms with van der Waals surface area (Å²) in [6.45, 7) is 3.69. The van der Waals surface area contributed by atoms with E-state index in [0.29, 0.717) is 5.92 Å². The van der Waals surface area contributed by atoms with Gasteiger partial charge in [-0.2, -0.15) is 4.31 Å². The highest BCUT2D eigenvalue weighted by atomic mass is 32.2. The molecule has 0 unspecified atom stereocenters. The second-order valence-corrected chi connectivity index (χ2v) is 8.00. The van der Waals surface area contributed by atoms with E-state index in [1.807, 2.05) is 12.1 Å². The lowest BCUT2D eigenvalue weighted by Crippen LogP contribution is -2.31. The van der Waals surface area contributed by atoms with Crippen LogP contribution in [-0.4, -0.2) is 37.4 Å². The van der Waals surface area contributed by atoms with E-state index in [9.17, 15) is 13.2 Å². The lowest BCUT2D eigenvalue weighted by Gasteiger charge is -2.15. The van der Waals surface area contributed by atoms with Crippen molar-refractivity contribution in [3.05, 3.63) is 54.1 Å². The molecule has 0 aliphatic rings. The molecule has 6 heteroatoms. The maximum absolute atomic E-state index is 12.3. The third kappa shape index (κ3) is 4.01. The molecule has 0 atom stereocenters. The van der Waals surface area contributed by atoms with Gasteiger partial charge in [-0.1, -0.05) is 50.2 Å². The van der Waals surface area contributed by atoms with E-state index in [0.717, 1.165) is 15.4 Å².